The van der Waals surface area contributed by atoms with Crippen LogP contribution in [-0.2, 0) is 9.59 Å². The van der Waals surface area contributed by atoms with Gasteiger partial charge in [0.2, 0.25) is 11.8 Å². The molecule has 0 aliphatic carbocycles. The van der Waals surface area contributed by atoms with Crippen LogP contribution in [0.25, 0.3) is 0 Å². The van der Waals surface area contributed by atoms with Crippen LogP contribution in [0.3, 0.4) is 0 Å². The van der Waals surface area contributed by atoms with E-state index in [2.05, 4.69) is 25.2 Å². The summed E-state index contributed by atoms with van der Waals surface area (Å²) in [6, 6.07) is 8.18. The minimum Gasteiger partial charge on any atom is -0.342 e. The molecule has 0 saturated carbocycles. The monoisotopic (exact) mass is 383 g/mol. The zero-order valence-corrected chi connectivity index (χ0v) is 17.2. The molecule has 2 amide bonds. The predicted octanol–water partition coefficient (Wildman–Crippen LogP) is 3.01. The van der Waals surface area contributed by atoms with E-state index in [1.54, 1.807) is 0 Å². The number of hydrogen-bond acceptors (Lipinski definition) is 3. The molecule has 4 rings (SSSR count). The maximum absolute atomic E-state index is 13.2. The lowest BCUT2D eigenvalue weighted by molar-refractivity contribution is -0.135. The summed E-state index contributed by atoms with van der Waals surface area (Å²) in [6.07, 6.45) is 3.56. The van der Waals surface area contributed by atoms with E-state index < -0.39 is 0 Å². The normalized spacial score (nSPS) is 28.9. The fourth-order valence-electron chi connectivity index (χ4n) is 5.17. The number of amides is 2. The Balaban J connectivity index is 1.46. The number of nitrogens with one attached hydrogen (secondary N) is 1. The summed E-state index contributed by atoms with van der Waals surface area (Å²) in [7, 11) is 0. The van der Waals surface area contributed by atoms with Gasteiger partial charge in [0.25, 0.3) is 0 Å². The predicted molar refractivity (Wildman–Crippen MR) is 111 cm³/mol. The highest BCUT2D eigenvalue weighted by Crippen LogP contribution is 2.34. The first kappa shape index (κ1) is 19.4. The molecule has 3 heterocycles. The van der Waals surface area contributed by atoms with Crippen molar-refractivity contribution in [3.63, 3.8) is 0 Å². The third-order valence-electron chi connectivity index (χ3n) is 7.18. The van der Waals surface area contributed by atoms with Crippen LogP contribution < -0.4 is 10.2 Å². The van der Waals surface area contributed by atoms with E-state index in [9.17, 15) is 9.59 Å². The Bertz CT molecular complexity index is 720. The molecule has 1 N–H and O–H groups in total. The van der Waals surface area contributed by atoms with Crippen LogP contribution >= 0.6 is 0 Å². The summed E-state index contributed by atoms with van der Waals surface area (Å²) in [5.74, 6) is 1.89. The number of para-hydroxylation sites is 1. The summed E-state index contributed by atoms with van der Waals surface area (Å²) < 4.78 is 0. The first-order valence-corrected chi connectivity index (χ1v) is 11.0. The van der Waals surface area contributed by atoms with E-state index >= 15 is 0 Å². The maximum Gasteiger partial charge on any atom is 0.228 e. The van der Waals surface area contributed by atoms with Gasteiger partial charge in [0.05, 0.1) is 5.92 Å². The third-order valence-corrected chi connectivity index (χ3v) is 7.18. The molecule has 1 aromatic rings. The molecule has 5 heteroatoms. The Hall–Kier alpha value is -1.88. The summed E-state index contributed by atoms with van der Waals surface area (Å²) in [5, 5.41) is 3.49. The largest absolute Gasteiger partial charge is 0.342 e. The molecular weight excluding hydrogens is 350 g/mol. The second-order valence-corrected chi connectivity index (χ2v) is 8.85. The number of carbonyl (C=O) groups is 2. The number of anilines is 1. The molecule has 0 radical (unpaired) electrons. The molecule has 0 aromatic heterocycles. The molecule has 3 aliphatic heterocycles. The lowest BCUT2D eigenvalue weighted by atomic mass is 9.92. The molecule has 1 aromatic carbocycles. The highest BCUT2D eigenvalue weighted by Gasteiger charge is 2.39. The van der Waals surface area contributed by atoms with Gasteiger partial charge in [-0.05, 0) is 61.7 Å². The fourth-order valence-corrected chi connectivity index (χ4v) is 5.17. The minimum atomic E-state index is -0.200. The Morgan fingerprint density at radius 1 is 1.18 bits per heavy atom. The first-order valence-electron chi connectivity index (χ1n) is 11.0. The van der Waals surface area contributed by atoms with Crippen LogP contribution in [0, 0.1) is 17.8 Å². The van der Waals surface area contributed by atoms with E-state index in [0.717, 1.165) is 51.1 Å². The Morgan fingerprint density at radius 2 is 1.86 bits per heavy atom. The zero-order chi connectivity index (χ0) is 19.7. The van der Waals surface area contributed by atoms with E-state index in [0.29, 0.717) is 30.7 Å². The Kier molecular flexibility index (Phi) is 5.72. The average molecular weight is 384 g/mol. The van der Waals surface area contributed by atoms with Crippen molar-refractivity contribution in [2.24, 2.45) is 17.8 Å². The van der Waals surface area contributed by atoms with Gasteiger partial charge in [0.1, 0.15) is 0 Å². The Morgan fingerprint density at radius 3 is 2.54 bits per heavy atom. The first-order chi connectivity index (χ1) is 13.6. The van der Waals surface area contributed by atoms with Crippen LogP contribution in [0.5, 0.6) is 0 Å². The summed E-state index contributed by atoms with van der Waals surface area (Å²) in [4.78, 5) is 29.9. The average Bonchev–Trinajstić information content (AvgIpc) is 3.28. The van der Waals surface area contributed by atoms with Crippen LogP contribution in [0.1, 0.15) is 51.0 Å². The van der Waals surface area contributed by atoms with E-state index in [1.807, 2.05) is 28.0 Å². The van der Waals surface area contributed by atoms with Gasteiger partial charge in [-0.1, -0.05) is 32.0 Å². The van der Waals surface area contributed by atoms with Crippen molar-refractivity contribution < 1.29 is 9.59 Å². The van der Waals surface area contributed by atoms with Crippen molar-refractivity contribution in [2.45, 2.75) is 45.4 Å². The number of fused-ring (bicyclic) bond motifs is 1. The van der Waals surface area contributed by atoms with Crippen LogP contribution in [-0.4, -0.2) is 49.4 Å². The number of likely N-dealkylation sites (tertiary alicyclic amines) is 1. The van der Waals surface area contributed by atoms with Gasteiger partial charge in [-0.25, -0.2) is 0 Å². The molecule has 152 valence electrons. The van der Waals surface area contributed by atoms with Gasteiger partial charge in [-0.3, -0.25) is 9.59 Å². The van der Waals surface area contributed by atoms with Gasteiger partial charge < -0.3 is 15.1 Å². The SMILES string of the molecule is CCC(C)c1ccccc1N1CC(C(=O)N2CC[C@@H]3CNC[C@@H]3CC2)CC1=O. The number of benzene rings is 1. The highest BCUT2D eigenvalue weighted by molar-refractivity contribution is 6.00. The topological polar surface area (TPSA) is 52.7 Å². The molecule has 3 saturated heterocycles. The van der Waals surface area contributed by atoms with Crippen LogP contribution in [0.2, 0.25) is 0 Å². The van der Waals surface area contributed by atoms with E-state index in [1.165, 1.54) is 5.56 Å². The third kappa shape index (κ3) is 3.69. The van der Waals surface area contributed by atoms with Gasteiger partial charge in [0.15, 0.2) is 0 Å². The second kappa shape index (κ2) is 8.24. The summed E-state index contributed by atoms with van der Waals surface area (Å²) in [6.45, 7) is 8.76. The van der Waals surface area contributed by atoms with Crippen molar-refractivity contribution in [3.05, 3.63) is 29.8 Å². The standard InChI is InChI=1S/C23H33N3O2/c1-3-16(2)20-6-4-5-7-21(20)26-15-19(12-22(26)27)23(28)25-10-8-17-13-24-14-18(17)9-11-25/h4-7,16-19,24H,3,8-15H2,1-2H3/t16?,17-,18+,19?. The second-order valence-electron chi connectivity index (χ2n) is 8.85. The molecule has 0 bridgehead atoms. The smallest absolute Gasteiger partial charge is 0.228 e. The Labute approximate surface area is 168 Å². The van der Waals surface area contributed by atoms with E-state index in [4.69, 9.17) is 0 Å². The van der Waals surface area contributed by atoms with Crippen molar-refractivity contribution in [2.75, 3.05) is 37.6 Å². The highest BCUT2D eigenvalue weighted by atomic mass is 16.2. The van der Waals surface area contributed by atoms with Crippen molar-refractivity contribution >= 4 is 17.5 Å². The number of hydrogen-bond donors (Lipinski definition) is 1. The van der Waals surface area contributed by atoms with Crippen molar-refractivity contribution in [1.29, 1.82) is 0 Å². The molecule has 28 heavy (non-hydrogen) atoms. The number of carbonyl (C=O) groups excluding carboxylic acids is 2. The summed E-state index contributed by atoms with van der Waals surface area (Å²) >= 11 is 0. The van der Waals surface area contributed by atoms with Crippen molar-refractivity contribution in [3.8, 4) is 0 Å². The number of rotatable bonds is 4. The van der Waals surface area contributed by atoms with Gasteiger partial charge in [-0.15, -0.1) is 0 Å². The minimum absolute atomic E-state index is 0.0880. The van der Waals surface area contributed by atoms with Gasteiger partial charge >= 0.3 is 0 Å². The number of nitrogens with zero attached hydrogens (tertiary/aromatic N) is 2. The van der Waals surface area contributed by atoms with Crippen LogP contribution in [0.4, 0.5) is 5.69 Å². The molecule has 3 aliphatic rings. The fraction of sp³-hybridized carbons (Fsp3) is 0.652. The lowest BCUT2D eigenvalue weighted by Crippen LogP contribution is -2.38. The maximum atomic E-state index is 13.2. The molecule has 5 nitrogen and oxygen atoms in total. The van der Waals surface area contributed by atoms with Gasteiger partial charge in [0, 0.05) is 31.7 Å². The molecule has 4 atom stereocenters. The molecule has 2 unspecified atom stereocenters. The van der Waals surface area contributed by atoms with E-state index in [-0.39, 0.29) is 17.7 Å². The quantitative estimate of drug-likeness (QED) is 0.870. The van der Waals surface area contributed by atoms with Gasteiger partial charge in [-0.2, -0.15) is 0 Å². The van der Waals surface area contributed by atoms with Crippen molar-refractivity contribution in [1.82, 2.24) is 10.2 Å². The van der Waals surface area contributed by atoms with Crippen LogP contribution in [0.15, 0.2) is 24.3 Å². The molecule has 0 spiro atoms. The molecule has 3 fully saturated rings. The summed E-state index contributed by atoms with van der Waals surface area (Å²) in [5.41, 5.74) is 2.20. The zero-order valence-electron chi connectivity index (χ0n) is 17.2. The molecular formula is C23H33N3O2. The lowest BCUT2D eigenvalue weighted by Gasteiger charge is -2.25.